The molecular weight excluding hydrogens is 399 g/mol. The normalized spacial score (nSPS) is 18.9. The van der Waals surface area contributed by atoms with E-state index in [4.69, 9.17) is 4.74 Å². The Balaban J connectivity index is 1.59. The largest absolute Gasteiger partial charge is 0.447 e. The summed E-state index contributed by atoms with van der Waals surface area (Å²) >= 11 is 0. The number of nitrogens with zero attached hydrogens (tertiary/aromatic N) is 3. The molecule has 0 unspecified atom stereocenters. The number of aromatic nitrogens is 2. The van der Waals surface area contributed by atoms with Crippen molar-refractivity contribution >= 4 is 17.5 Å². The predicted octanol–water partition coefficient (Wildman–Crippen LogP) is 3.61. The molecule has 0 spiro atoms. The topological polar surface area (TPSA) is 75.9 Å². The van der Waals surface area contributed by atoms with Crippen LogP contribution in [0.5, 0.6) is 0 Å². The number of piperidine rings is 1. The highest BCUT2D eigenvalue weighted by Crippen LogP contribution is 2.30. The molecule has 4 rings (SSSR count). The van der Waals surface area contributed by atoms with E-state index in [9.17, 15) is 14.0 Å². The molecule has 1 aliphatic heterocycles. The van der Waals surface area contributed by atoms with Crippen molar-refractivity contribution in [1.29, 1.82) is 0 Å². The molecule has 7 nitrogen and oxygen atoms in total. The van der Waals surface area contributed by atoms with Crippen LogP contribution in [0.3, 0.4) is 0 Å². The number of carbonyl (C=O) groups is 2. The minimum Gasteiger partial charge on any atom is -0.447 e. The van der Waals surface area contributed by atoms with Crippen LogP contribution >= 0.6 is 0 Å². The van der Waals surface area contributed by atoms with Gasteiger partial charge in [-0.1, -0.05) is 12.1 Å². The maximum absolute atomic E-state index is 13.8. The molecule has 162 valence electrons. The molecule has 2 atom stereocenters. The van der Waals surface area contributed by atoms with Gasteiger partial charge in [0, 0.05) is 25.2 Å². The zero-order chi connectivity index (χ0) is 22.0. The number of imidazole rings is 1. The van der Waals surface area contributed by atoms with E-state index >= 15 is 0 Å². The fourth-order valence-electron chi connectivity index (χ4n) is 4.12. The van der Waals surface area contributed by atoms with Crippen molar-refractivity contribution < 1.29 is 18.7 Å². The van der Waals surface area contributed by atoms with E-state index in [1.807, 2.05) is 12.3 Å². The molecular formula is C23H25FN4O3. The fourth-order valence-corrected chi connectivity index (χ4v) is 4.12. The molecule has 1 fully saturated rings. The molecule has 0 saturated carbocycles. The van der Waals surface area contributed by atoms with Crippen molar-refractivity contribution in [3.05, 3.63) is 72.1 Å². The highest BCUT2D eigenvalue weighted by atomic mass is 19.1. The van der Waals surface area contributed by atoms with Crippen molar-refractivity contribution in [3.63, 3.8) is 0 Å². The number of alkyl carbamates (subject to hydrolysis) is 1. The predicted molar refractivity (Wildman–Crippen MR) is 113 cm³/mol. The fraction of sp³-hybridized carbons (Fsp3) is 0.348. The van der Waals surface area contributed by atoms with Gasteiger partial charge in [-0.25, -0.2) is 14.2 Å². The summed E-state index contributed by atoms with van der Waals surface area (Å²) in [6.07, 6.45) is 4.91. The van der Waals surface area contributed by atoms with Crippen LogP contribution in [0, 0.1) is 5.82 Å². The smallest absolute Gasteiger partial charge is 0.407 e. The number of pyridine rings is 1. The molecule has 1 aromatic carbocycles. The second-order valence-electron chi connectivity index (χ2n) is 8.01. The first-order valence-corrected chi connectivity index (χ1v) is 10.3. The summed E-state index contributed by atoms with van der Waals surface area (Å²) in [7, 11) is 0. The zero-order valence-electron chi connectivity index (χ0n) is 17.5. The van der Waals surface area contributed by atoms with Gasteiger partial charge in [0.15, 0.2) is 0 Å². The second-order valence-corrected chi connectivity index (χ2v) is 8.01. The van der Waals surface area contributed by atoms with E-state index in [0.717, 1.165) is 11.1 Å². The average Bonchev–Trinajstić information content (AvgIpc) is 3.21. The van der Waals surface area contributed by atoms with Gasteiger partial charge in [0.25, 0.3) is 5.91 Å². The maximum atomic E-state index is 13.8. The molecule has 0 radical (unpaired) electrons. The van der Waals surface area contributed by atoms with Crippen molar-refractivity contribution in [2.45, 2.75) is 38.3 Å². The molecule has 3 aromatic rings. The lowest BCUT2D eigenvalue weighted by Crippen LogP contribution is -2.53. The van der Waals surface area contributed by atoms with Gasteiger partial charge in [-0.3, -0.25) is 4.79 Å². The van der Waals surface area contributed by atoms with Crippen molar-refractivity contribution in [1.82, 2.24) is 19.6 Å². The summed E-state index contributed by atoms with van der Waals surface area (Å²) in [5.74, 6) is -0.593. The summed E-state index contributed by atoms with van der Waals surface area (Å²) in [4.78, 5) is 31.5. The lowest BCUT2D eigenvalue weighted by atomic mass is 9.85. The average molecular weight is 424 g/mol. The van der Waals surface area contributed by atoms with Crippen LogP contribution in [0.25, 0.3) is 5.52 Å². The number of rotatable bonds is 4. The summed E-state index contributed by atoms with van der Waals surface area (Å²) in [6, 6.07) is 9.55. The number of nitrogens with one attached hydrogen (secondary N) is 1. The van der Waals surface area contributed by atoms with E-state index in [2.05, 4.69) is 10.3 Å². The van der Waals surface area contributed by atoms with Crippen LogP contribution in [-0.2, 0) is 4.74 Å². The van der Waals surface area contributed by atoms with Crippen LogP contribution in [0.15, 0.2) is 55.1 Å². The number of benzene rings is 1. The Kier molecular flexibility index (Phi) is 5.88. The highest BCUT2D eigenvalue weighted by molar-refractivity contribution is 6.00. The van der Waals surface area contributed by atoms with E-state index in [1.54, 1.807) is 53.9 Å². The summed E-state index contributed by atoms with van der Waals surface area (Å²) in [5.41, 5.74) is 2.07. The third kappa shape index (κ3) is 4.52. The van der Waals surface area contributed by atoms with Crippen LogP contribution in [0.4, 0.5) is 9.18 Å². The van der Waals surface area contributed by atoms with Gasteiger partial charge in [0.2, 0.25) is 0 Å². The monoisotopic (exact) mass is 424 g/mol. The summed E-state index contributed by atoms with van der Waals surface area (Å²) in [6.45, 7) is 4.33. The molecule has 1 saturated heterocycles. The molecule has 1 N–H and O–H groups in total. The molecule has 2 aromatic heterocycles. The first kappa shape index (κ1) is 20.8. The summed E-state index contributed by atoms with van der Waals surface area (Å²) < 4.78 is 20.9. The van der Waals surface area contributed by atoms with Crippen molar-refractivity contribution in [2.24, 2.45) is 0 Å². The molecule has 0 bridgehead atoms. The number of hydrogen-bond donors (Lipinski definition) is 1. The standard InChI is InChI=1S/C23H25FN4O3/c1-15(2)31-23(30)26-20-13-27(10-8-18(20)16-5-3-6-17(24)11-16)22(29)19-7-4-9-28-14-25-12-21(19)28/h3-7,9,11-12,14-15,18,20H,8,10,13H2,1-2H3,(H,26,30)/t18-,20+/m0/s1. The van der Waals surface area contributed by atoms with Gasteiger partial charge in [-0.2, -0.15) is 0 Å². The van der Waals surface area contributed by atoms with Crippen molar-refractivity contribution in [3.8, 4) is 0 Å². The molecule has 1 aliphatic rings. The number of hydrogen-bond acceptors (Lipinski definition) is 4. The third-order valence-electron chi connectivity index (χ3n) is 5.50. The Hall–Kier alpha value is -3.42. The summed E-state index contributed by atoms with van der Waals surface area (Å²) in [5, 5.41) is 2.89. The Bertz CT molecular complexity index is 1100. The first-order valence-electron chi connectivity index (χ1n) is 10.3. The van der Waals surface area contributed by atoms with Gasteiger partial charge in [-0.05, 0) is 50.1 Å². The lowest BCUT2D eigenvalue weighted by molar-refractivity contribution is 0.0652. The van der Waals surface area contributed by atoms with Crippen LogP contribution in [-0.4, -0.2) is 51.5 Å². The van der Waals surface area contributed by atoms with Gasteiger partial charge in [0.05, 0.1) is 35.8 Å². The van der Waals surface area contributed by atoms with E-state index < -0.39 is 12.1 Å². The Morgan fingerprint density at radius 1 is 1.26 bits per heavy atom. The van der Waals surface area contributed by atoms with Crippen LogP contribution in [0.2, 0.25) is 0 Å². The Labute approximate surface area is 179 Å². The lowest BCUT2D eigenvalue weighted by Gasteiger charge is -2.39. The van der Waals surface area contributed by atoms with Gasteiger partial charge >= 0.3 is 6.09 Å². The highest BCUT2D eigenvalue weighted by Gasteiger charge is 2.35. The van der Waals surface area contributed by atoms with Gasteiger partial charge in [-0.15, -0.1) is 0 Å². The molecule has 8 heteroatoms. The Morgan fingerprint density at radius 3 is 2.87 bits per heavy atom. The zero-order valence-corrected chi connectivity index (χ0v) is 17.5. The SMILES string of the molecule is CC(C)OC(=O)N[C@@H]1CN(C(=O)c2cccn3cncc23)CC[C@H]1c1cccc(F)c1. The van der Waals surface area contributed by atoms with E-state index in [0.29, 0.717) is 25.1 Å². The number of halogens is 1. The maximum Gasteiger partial charge on any atom is 0.407 e. The minimum atomic E-state index is -0.548. The van der Waals surface area contributed by atoms with Gasteiger partial charge < -0.3 is 19.4 Å². The number of carbonyl (C=O) groups excluding carboxylic acids is 2. The van der Waals surface area contributed by atoms with Crippen LogP contribution < -0.4 is 5.32 Å². The quantitative estimate of drug-likeness (QED) is 0.694. The van der Waals surface area contributed by atoms with Crippen molar-refractivity contribution in [2.75, 3.05) is 13.1 Å². The minimum absolute atomic E-state index is 0.132. The second kappa shape index (κ2) is 8.75. The number of ether oxygens (including phenoxy) is 1. The number of likely N-dealkylation sites (tertiary alicyclic amines) is 1. The number of amides is 2. The Morgan fingerprint density at radius 2 is 2.10 bits per heavy atom. The molecule has 2 amide bonds. The molecule has 31 heavy (non-hydrogen) atoms. The molecule has 3 heterocycles. The van der Waals surface area contributed by atoms with Crippen LogP contribution in [0.1, 0.15) is 42.1 Å². The van der Waals surface area contributed by atoms with E-state index in [1.165, 1.54) is 12.1 Å². The van der Waals surface area contributed by atoms with Gasteiger partial charge in [0.1, 0.15) is 5.82 Å². The molecule has 0 aliphatic carbocycles. The number of fused-ring (bicyclic) bond motifs is 1. The van der Waals surface area contributed by atoms with E-state index in [-0.39, 0.29) is 23.7 Å². The first-order chi connectivity index (χ1) is 14.9. The third-order valence-corrected chi connectivity index (χ3v) is 5.50.